The highest BCUT2D eigenvalue weighted by Gasteiger charge is 2.14. The highest BCUT2D eigenvalue weighted by Crippen LogP contribution is 2.31. The third kappa shape index (κ3) is 5.67. The lowest BCUT2D eigenvalue weighted by Crippen LogP contribution is -1.90. The van der Waals surface area contributed by atoms with Gasteiger partial charge in [0, 0.05) is 0 Å². The fourth-order valence-electron chi connectivity index (χ4n) is 2.38. The zero-order valence-corrected chi connectivity index (χ0v) is 9.69. The molecule has 0 bridgehead atoms. The standard InChI is InChI=1S/C14H26/c1-2-3-4-5-6-7-8-11-14-12-9-10-13-14/h1-13H2. The Morgan fingerprint density at radius 3 is 2.00 bits per heavy atom. The molecular weight excluding hydrogens is 168 g/mol. The van der Waals surface area contributed by atoms with Crippen LogP contribution >= 0.6 is 0 Å². The molecular formula is C14H26. The minimum Gasteiger partial charge on any atom is -0.0533 e. The van der Waals surface area contributed by atoms with E-state index in [1.54, 1.807) is 0 Å². The van der Waals surface area contributed by atoms with Gasteiger partial charge in [0.1, 0.15) is 0 Å². The van der Waals surface area contributed by atoms with E-state index in [0.717, 1.165) is 6.42 Å². The van der Waals surface area contributed by atoms with E-state index in [4.69, 9.17) is 0 Å². The van der Waals surface area contributed by atoms with Crippen LogP contribution in [-0.2, 0) is 0 Å². The first-order chi connectivity index (χ1) is 6.93. The Morgan fingerprint density at radius 2 is 1.36 bits per heavy atom. The molecule has 0 nitrogen and oxygen atoms in total. The Labute approximate surface area is 90.5 Å². The molecule has 2 radical (unpaired) electrons. The Kier molecular flexibility index (Phi) is 7.17. The van der Waals surface area contributed by atoms with Crippen molar-refractivity contribution in [1.29, 1.82) is 0 Å². The van der Waals surface area contributed by atoms with Gasteiger partial charge < -0.3 is 0 Å². The van der Waals surface area contributed by atoms with Gasteiger partial charge in [-0.25, -0.2) is 0 Å². The topological polar surface area (TPSA) is 0 Å². The summed E-state index contributed by atoms with van der Waals surface area (Å²) in [5.74, 6) is 1.86. The quantitative estimate of drug-likeness (QED) is 0.472. The van der Waals surface area contributed by atoms with E-state index in [0.29, 0.717) is 0 Å². The van der Waals surface area contributed by atoms with Gasteiger partial charge in [0.15, 0.2) is 0 Å². The van der Waals surface area contributed by atoms with Crippen LogP contribution in [0.15, 0.2) is 0 Å². The SMILES string of the molecule is [CH2]CCCCCCCC[C]1CCCC1. The third-order valence-electron chi connectivity index (χ3n) is 3.34. The average Bonchev–Trinajstić information content (AvgIpc) is 2.69. The van der Waals surface area contributed by atoms with Crippen LogP contribution in [0.25, 0.3) is 0 Å². The van der Waals surface area contributed by atoms with Crippen molar-refractivity contribution >= 4 is 0 Å². The number of hydrogen-bond acceptors (Lipinski definition) is 0. The van der Waals surface area contributed by atoms with Crippen molar-refractivity contribution in [2.75, 3.05) is 0 Å². The summed E-state index contributed by atoms with van der Waals surface area (Å²) in [4.78, 5) is 0. The van der Waals surface area contributed by atoms with Crippen molar-refractivity contribution in [2.24, 2.45) is 0 Å². The van der Waals surface area contributed by atoms with Gasteiger partial charge in [-0.1, -0.05) is 64.7 Å². The maximum absolute atomic E-state index is 3.87. The zero-order chi connectivity index (χ0) is 10.1. The maximum atomic E-state index is 3.87. The summed E-state index contributed by atoms with van der Waals surface area (Å²) in [6.07, 6.45) is 16.9. The molecule has 0 spiro atoms. The van der Waals surface area contributed by atoms with Crippen molar-refractivity contribution in [3.8, 4) is 0 Å². The van der Waals surface area contributed by atoms with E-state index in [2.05, 4.69) is 6.92 Å². The van der Waals surface area contributed by atoms with Crippen LogP contribution in [0.1, 0.15) is 77.0 Å². The Morgan fingerprint density at radius 1 is 0.786 bits per heavy atom. The molecule has 0 heteroatoms. The van der Waals surface area contributed by atoms with E-state index in [-0.39, 0.29) is 0 Å². The van der Waals surface area contributed by atoms with Gasteiger partial charge in [0.2, 0.25) is 0 Å². The number of rotatable bonds is 8. The van der Waals surface area contributed by atoms with Crippen LogP contribution in [0.4, 0.5) is 0 Å². The molecule has 0 atom stereocenters. The van der Waals surface area contributed by atoms with Crippen LogP contribution in [0.2, 0.25) is 0 Å². The monoisotopic (exact) mass is 194 g/mol. The highest BCUT2D eigenvalue weighted by molar-refractivity contribution is 4.93. The molecule has 1 rings (SSSR count). The summed E-state index contributed by atoms with van der Waals surface area (Å²) >= 11 is 0. The molecule has 0 heterocycles. The van der Waals surface area contributed by atoms with Crippen LogP contribution in [0, 0.1) is 12.8 Å². The van der Waals surface area contributed by atoms with Gasteiger partial charge in [0.25, 0.3) is 0 Å². The van der Waals surface area contributed by atoms with Gasteiger partial charge in [-0.3, -0.25) is 0 Å². The molecule has 0 aromatic carbocycles. The predicted molar refractivity (Wildman–Crippen MR) is 64.0 cm³/mol. The first-order valence-electron chi connectivity index (χ1n) is 6.56. The molecule has 0 amide bonds. The molecule has 0 unspecified atom stereocenters. The third-order valence-corrected chi connectivity index (χ3v) is 3.34. The number of hydrogen-bond donors (Lipinski definition) is 0. The van der Waals surface area contributed by atoms with Gasteiger partial charge in [-0.05, 0) is 25.2 Å². The number of unbranched alkanes of at least 4 members (excludes halogenated alkanes) is 6. The molecule has 14 heavy (non-hydrogen) atoms. The van der Waals surface area contributed by atoms with Gasteiger partial charge in [-0.15, -0.1) is 0 Å². The molecule has 0 aliphatic heterocycles. The molecule has 1 fully saturated rings. The minimum absolute atomic E-state index is 1.12. The second-order valence-electron chi connectivity index (χ2n) is 4.68. The molecule has 1 saturated carbocycles. The summed E-state index contributed by atoms with van der Waals surface area (Å²) in [5, 5.41) is 0. The fraction of sp³-hybridized carbons (Fsp3) is 0.857. The molecule has 1 aliphatic carbocycles. The van der Waals surface area contributed by atoms with E-state index in [9.17, 15) is 0 Å². The van der Waals surface area contributed by atoms with Crippen molar-refractivity contribution < 1.29 is 0 Å². The van der Waals surface area contributed by atoms with Gasteiger partial charge in [0.05, 0.1) is 0 Å². The Hall–Kier alpha value is 0. The van der Waals surface area contributed by atoms with Crippen molar-refractivity contribution in [1.82, 2.24) is 0 Å². The largest absolute Gasteiger partial charge is 0.0533 e. The Balaban J connectivity index is 1.75. The lowest BCUT2D eigenvalue weighted by atomic mass is 9.99. The van der Waals surface area contributed by atoms with Crippen LogP contribution in [-0.4, -0.2) is 0 Å². The second-order valence-corrected chi connectivity index (χ2v) is 4.68. The van der Waals surface area contributed by atoms with Crippen molar-refractivity contribution in [2.45, 2.75) is 77.0 Å². The van der Waals surface area contributed by atoms with Crippen LogP contribution in [0.3, 0.4) is 0 Å². The molecule has 0 saturated heterocycles. The van der Waals surface area contributed by atoms with E-state index >= 15 is 0 Å². The van der Waals surface area contributed by atoms with Crippen LogP contribution < -0.4 is 0 Å². The Bertz CT molecular complexity index is 111. The highest BCUT2D eigenvalue weighted by atomic mass is 14.2. The minimum atomic E-state index is 1.12. The second kappa shape index (κ2) is 8.32. The summed E-state index contributed by atoms with van der Waals surface area (Å²) in [6, 6.07) is 0. The molecule has 0 N–H and O–H groups in total. The van der Waals surface area contributed by atoms with E-state index in [1.807, 2.05) is 5.92 Å². The summed E-state index contributed by atoms with van der Waals surface area (Å²) in [5.41, 5.74) is 0. The van der Waals surface area contributed by atoms with Gasteiger partial charge in [-0.2, -0.15) is 0 Å². The van der Waals surface area contributed by atoms with E-state index < -0.39 is 0 Å². The molecule has 82 valence electrons. The lowest BCUT2D eigenvalue weighted by Gasteiger charge is -2.07. The van der Waals surface area contributed by atoms with Crippen molar-refractivity contribution in [3.05, 3.63) is 12.8 Å². The molecule has 0 aromatic heterocycles. The van der Waals surface area contributed by atoms with Crippen molar-refractivity contribution in [3.63, 3.8) is 0 Å². The average molecular weight is 194 g/mol. The van der Waals surface area contributed by atoms with E-state index in [1.165, 1.54) is 70.6 Å². The summed E-state index contributed by atoms with van der Waals surface area (Å²) < 4.78 is 0. The smallest absolute Gasteiger partial charge is 0.0241 e. The summed E-state index contributed by atoms with van der Waals surface area (Å²) in [7, 11) is 0. The first-order valence-corrected chi connectivity index (χ1v) is 6.56. The fourth-order valence-corrected chi connectivity index (χ4v) is 2.38. The lowest BCUT2D eigenvalue weighted by molar-refractivity contribution is 0.577. The maximum Gasteiger partial charge on any atom is -0.0241 e. The zero-order valence-electron chi connectivity index (χ0n) is 9.69. The van der Waals surface area contributed by atoms with Crippen LogP contribution in [0.5, 0.6) is 0 Å². The van der Waals surface area contributed by atoms with Gasteiger partial charge >= 0.3 is 0 Å². The predicted octanol–water partition coefficient (Wildman–Crippen LogP) is 5.09. The molecule has 0 aromatic rings. The molecule has 1 aliphatic rings. The normalized spacial score (nSPS) is 17.8. The summed E-state index contributed by atoms with van der Waals surface area (Å²) in [6.45, 7) is 3.87. The first kappa shape index (κ1) is 12.1.